The molecule has 0 aromatic heterocycles. The first-order valence-corrected chi connectivity index (χ1v) is 25.0. The summed E-state index contributed by atoms with van der Waals surface area (Å²) in [6.45, 7) is 30.5. The highest BCUT2D eigenvalue weighted by Crippen LogP contribution is 2.36. The minimum Gasteiger partial charge on any atom is -0.460 e. The summed E-state index contributed by atoms with van der Waals surface area (Å²) < 4.78 is 35.0. The first-order chi connectivity index (χ1) is 19.4. The zero-order valence-electron chi connectivity index (χ0n) is 28.7. The molecule has 0 saturated heterocycles. The first-order valence-electron chi connectivity index (χ1n) is 15.7. The van der Waals surface area contributed by atoms with Crippen molar-refractivity contribution in [1.82, 2.24) is 5.32 Å². The number of carbonyl (C=O) groups is 2. The number of unbranched alkanes of at least 4 members (excludes halogenated alkanes) is 1. The van der Waals surface area contributed by atoms with Crippen LogP contribution >= 0.6 is 0 Å². The average molecular weight is 650 g/mol. The number of hydrogen-bond donors (Lipinski definition) is 1. The SMILES string of the molecule is C=C(C)C(=O)OCCOCCNC(=O)OCCOCCC[Si](C)(C)[C@](C)(CC)O[Si](C)(C)C(C)O[Si](C)(C)CCCC. The summed E-state index contributed by atoms with van der Waals surface area (Å²) in [5.74, 6) is -0.443. The summed E-state index contributed by atoms with van der Waals surface area (Å²) >= 11 is 0. The molecule has 0 saturated carbocycles. The minimum absolute atomic E-state index is 0.130. The van der Waals surface area contributed by atoms with Crippen molar-refractivity contribution >= 4 is 36.8 Å². The van der Waals surface area contributed by atoms with E-state index >= 15 is 0 Å². The largest absolute Gasteiger partial charge is 0.460 e. The predicted molar refractivity (Wildman–Crippen MR) is 179 cm³/mol. The fourth-order valence-electron chi connectivity index (χ4n) is 4.51. The molecule has 9 nitrogen and oxygen atoms in total. The van der Waals surface area contributed by atoms with Crippen LogP contribution < -0.4 is 5.32 Å². The molecule has 0 aliphatic heterocycles. The fourth-order valence-corrected chi connectivity index (χ4v) is 14.8. The lowest BCUT2D eigenvalue weighted by atomic mass is 10.3. The zero-order chi connectivity index (χ0) is 32.5. The summed E-state index contributed by atoms with van der Waals surface area (Å²) in [6, 6.07) is 2.30. The van der Waals surface area contributed by atoms with Crippen LogP contribution in [0.2, 0.25) is 51.4 Å². The maximum absolute atomic E-state index is 11.8. The van der Waals surface area contributed by atoms with Crippen LogP contribution in [0.15, 0.2) is 12.2 Å². The highest BCUT2D eigenvalue weighted by atomic mass is 28.4. The number of rotatable bonds is 24. The molecule has 0 bridgehead atoms. The summed E-state index contributed by atoms with van der Waals surface area (Å²) in [5, 5.41) is 2.49. The van der Waals surface area contributed by atoms with E-state index in [1.807, 2.05) is 0 Å². The third-order valence-electron chi connectivity index (χ3n) is 8.08. The zero-order valence-corrected chi connectivity index (χ0v) is 31.7. The topological polar surface area (TPSA) is 102 Å². The number of nitrogens with one attached hydrogen (secondary N) is 1. The fraction of sp³-hybridized carbons (Fsp3) is 0.867. The Hall–Kier alpha value is -1.03. The van der Waals surface area contributed by atoms with Crippen LogP contribution in [0.3, 0.4) is 0 Å². The predicted octanol–water partition coefficient (Wildman–Crippen LogP) is 6.84. The number of amides is 1. The van der Waals surface area contributed by atoms with Crippen LogP contribution in [0.5, 0.6) is 0 Å². The van der Waals surface area contributed by atoms with Gasteiger partial charge in [-0.25, -0.2) is 9.59 Å². The van der Waals surface area contributed by atoms with E-state index in [0.29, 0.717) is 31.9 Å². The summed E-state index contributed by atoms with van der Waals surface area (Å²) in [4.78, 5) is 23.1. The Morgan fingerprint density at radius 1 is 0.857 bits per heavy atom. The lowest BCUT2D eigenvalue weighted by Crippen LogP contribution is -2.62. The van der Waals surface area contributed by atoms with Crippen molar-refractivity contribution < 1.29 is 37.4 Å². The molecule has 0 aliphatic rings. The molecule has 0 aromatic rings. The van der Waals surface area contributed by atoms with Crippen molar-refractivity contribution in [3.63, 3.8) is 0 Å². The lowest BCUT2D eigenvalue weighted by Gasteiger charge is -2.49. The van der Waals surface area contributed by atoms with Gasteiger partial charge in [0.15, 0.2) is 8.32 Å². The average Bonchev–Trinajstić information content (AvgIpc) is 2.89. The van der Waals surface area contributed by atoms with Crippen molar-refractivity contribution in [3.05, 3.63) is 12.2 Å². The van der Waals surface area contributed by atoms with Gasteiger partial charge in [-0.05, 0) is 65.8 Å². The molecule has 0 spiro atoms. The smallest absolute Gasteiger partial charge is 0.407 e. The minimum atomic E-state index is -2.09. The van der Waals surface area contributed by atoms with Gasteiger partial charge in [0.25, 0.3) is 0 Å². The van der Waals surface area contributed by atoms with E-state index in [1.54, 1.807) is 6.92 Å². The van der Waals surface area contributed by atoms with Gasteiger partial charge < -0.3 is 33.1 Å². The van der Waals surface area contributed by atoms with Crippen molar-refractivity contribution in [3.8, 4) is 0 Å². The molecular formula is C30H63NO8Si3. The van der Waals surface area contributed by atoms with E-state index in [-0.39, 0.29) is 30.8 Å². The van der Waals surface area contributed by atoms with Gasteiger partial charge in [-0.3, -0.25) is 0 Å². The van der Waals surface area contributed by atoms with Crippen molar-refractivity contribution in [2.75, 3.05) is 46.2 Å². The number of alkyl carbamates (subject to hydrolysis) is 1. The molecule has 2 atom stereocenters. The Kier molecular flexibility index (Phi) is 19.6. The second kappa shape index (κ2) is 20.1. The van der Waals surface area contributed by atoms with Gasteiger partial charge in [0.05, 0.1) is 33.6 Å². The maximum Gasteiger partial charge on any atom is 0.407 e. The van der Waals surface area contributed by atoms with E-state index in [1.165, 1.54) is 18.9 Å². The molecule has 0 rings (SSSR count). The van der Waals surface area contributed by atoms with Crippen LogP contribution in [-0.2, 0) is 32.6 Å². The second-order valence-electron chi connectivity index (χ2n) is 13.1. The third-order valence-corrected chi connectivity index (χ3v) is 19.0. The van der Waals surface area contributed by atoms with E-state index in [9.17, 15) is 9.59 Å². The van der Waals surface area contributed by atoms with Crippen LogP contribution in [0.25, 0.3) is 0 Å². The molecule has 12 heteroatoms. The second-order valence-corrected chi connectivity index (χ2v) is 26.9. The molecule has 1 amide bonds. The third kappa shape index (κ3) is 16.7. The normalized spacial score (nSPS) is 14.6. The van der Waals surface area contributed by atoms with Gasteiger partial charge in [0, 0.05) is 23.9 Å². The molecule has 42 heavy (non-hydrogen) atoms. The Bertz CT molecular complexity index is 809. The molecule has 1 unspecified atom stereocenters. The molecule has 1 N–H and O–H groups in total. The van der Waals surface area contributed by atoms with Gasteiger partial charge in [-0.2, -0.15) is 0 Å². The Labute approximate surface area is 260 Å². The Morgan fingerprint density at radius 3 is 2.02 bits per heavy atom. The summed E-state index contributed by atoms with van der Waals surface area (Å²) in [5.41, 5.74) is 0.511. The molecule has 0 aromatic carbocycles. The summed E-state index contributed by atoms with van der Waals surface area (Å²) in [7, 11) is -5.55. The molecule has 0 aliphatic carbocycles. The van der Waals surface area contributed by atoms with Crippen molar-refractivity contribution in [1.29, 1.82) is 0 Å². The van der Waals surface area contributed by atoms with Gasteiger partial charge in [-0.1, -0.05) is 52.4 Å². The maximum atomic E-state index is 11.8. The van der Waals surface area contributed by atoms with Crippen molar-refractivity contribution in [2.24, 2.45) is 0 Å². The van der Waals surface area contributed by atoms with Gasteiger partial charge in [0.1, 0.15) is 13.2 Å². The van der Waals surface area contributed by atoms with Crippen molar-refractivity contribution in [2.45, 2.75) is 123 Å². The van der Waals surface area contributed by atoms with Crippen LogP contribution in [0.1, 0.15) is 60.3 Å². The Balaban J connectivity index is 4.34. The molecule has 248 valence electrons. The number of hydrogen-bond acceptors (Lipinski definition) is 8. The number of ether oxygens (including phenoxy) is 4. The summed E-state index contributed by atoms with van der Waals surface area (Å²) in [6.07, 6.45) is 3.87. The monoisotopic (exact) mass is 649 g/mol. The van der Waals surface area contributed by atoms with Gasteiger partial charge in [0.2, 0.25) is 8.32 Å². The van der Waals surface area contributed by atoms with Crippen LogP contribution in [0, 0.1) is 0 Å². The molecule has 0 radical (unpaired) electrons. The number of carbonyl (C=O) groups excluding carboxylic acids is 2. The highest BCUT2D eigenvalue weighted by Gasteiger charge is 2.48. The molecule has 0 fully saturated rings. The van der Waals surface area contributed by atoms with E-state index in [0.717, 1.165) is 18.9 Å². The quantitative estimate of drug-likeness (QED) is 0.0525. The van der Waals surface area contributed by atoms with E-state index in [2.05, 4.69) is 78.9 Å². The standard InChI is InChI=1S/C30H63NO8Si3/c1-13-15-25-41(9,10)38-27(5)42(11,12)39-30(6,14-2)40(7,8)24-16-18-34-21-23-37-29(33)31-17-19-35-20-22-36-28(32)26(3)4/h27H,3,13-25H2,1-2,4-12H3,(H,31,33)/t27?,30-/m1/s1. The van der Waals surface area contributed by atoms with Gasteiger partial charge >= 0.3 is 12.1 Å². The highest BCUT2D eigenvalue weighted by molar-refractivity contribution is 6.82. The van der Waals surface area contributed by atoms with E-state index < -0.39 is 36.8 Å². The van der Waals surface area contributed by atoms with Crippen LogP contribution in [-0.4, -0.2) is 93.9 Å². The molecular weight excluding hydrogens is 587 g/mol. The van der Waals surface area contributed by atoms with Crippen LogP contribution in [0.4, 0.5) is 4.79 Å². The van der Waals surface area contributed by atoms with Gasteiger partial charge in [-0.15, -0.1) is 0 Å². The Morgan fingerprint density at radius 2 is 1.45 bits per heavy atom. The molecule has 0 heterocycles. The lowest BCUT2D eigenvalue weighted by molar-refractivity contribution is -0.140. The van der Waals surface area contributed by atoms with E-state index in [4.69, 9.17) is 27.8 Å². The number of esters is 1. The first kappa shape index (κ1) is 41.0.